The second kappa shape index (κ2) is 6.97. The van der Waals surface area contributed by atoms with Crippen LogP contribution >= 0.6 is 0 Å². The molecule has 0 radical (unpaired) electrons. The van der Waals surface area contributed by atoms with Gasteiger partial charge < -0.3 is 9.84 Å². The maximum Gasteiger partial charge on any atom is 0.309 e. The number of benzene rings is 2. The number of hydrogen-bond acceptors (Lipinski definition) is 2. The molecule has 0 amide bonds. The minimum atomic E-state index is -0.679. The van der Waals surface area contributed by atoms with E-state index in [1.54, 1.807) is 0 Å². The lowest BCUT2D eigenvalue weighted by molar-refractivity contribution is -0.155. The molecular formula is C20H22O3. The lowest BCUT2D eigenvalue weighted by Crippen LogP contribution is -2.37. The van der Waals surface area contributed by atoms with Crippen molar-refractivity contribution in [1.29, 1.82) is 0 Å². The summed E-state index contributed by atoms with van der Waals surface area (Å²) >= 11 is 0. The molecule has 2 aromatic carbocycles. The highest BCUT2D eigenvalue weighted by Crippen LogP contribution is 2.36. The fraction of sp³-hybridized carbons (Fsp3) is 0.350. The molecular weight excluding hydrogens is 288 g/mol. The highest BCUT2D eigenvalue weighted by Gasteiger charge is 2.39. The van der Waals surface area contributed by atoms with E-state index in [1.807, 2.05) is 18.2 Å². The standard InChI is InChI=1S/C20H22O3/c21-19(22)20(12-14-23-15-13-20)11-10-16-6-8-18(9-7-16)17-4-2-1-3-5-17/h1-9H,10-15H2,(H,21,22). The van der Waals surface area contributed by atoms with Crippen LogP contribution < -0.4 is 0 Å². The number of hydrogen-bond donors (Lipinski definition) is 1. The van der Waals surface area contributed by atoms with Crippen molar-refractivity contribution in [3.05, 3.63) is 60.2 Å². The molecule has 23 heavy (non-hydrogen) atoms. The summed E-state index contributed by atoms with van der Waals surface area (Å²) in [6.45, 7) is 1.11. The molecule has 120 valence electrons. The molecule has 0 aromatic heterocycles. The van der Waals surface area contributed by atoms with Crippen molar-refractivity contribution in [3.8, 4) is 11.1 Å². The molecule has 0 atom stereocenters. The zero-order valence-electron chi connectivity index (χ0n) is 13.2. The van der Waals surface area contributed by atoms with Crippen molar-refractivity contribution in [2.75, 3.05) is 13.2 Å². The van der Waals surface area contributed by atoms with Gasteiger partial charge in [0.15, 0.2) is 0 Å². The van der Waals surface area contributed by atoms with E-state index in [0.29, 0.717) is 32.5 Å². The fourth-order valence-corrected chi connectivity index (χ4v) is 3.21. The summed E-state index contributed by atoms with van der Waals surface area (Å²) in [6, 6.07) is 18.7. The molecule has 1 saturated heterocycles. The Morgan fingerprint density at radius 3 is 2.17 bits per heavy atom. The maximum absolute atomic E-state index is 11.7. The maximum atomic E-state index is 11.7. The van der Waals surface area contributed by atoms with E-state index in [1.165, 1.54) is 16.7 Å². The van der Waals surface area contributed by atoms with Crippen LogP contribution in [-0.4, -0.2) is 24.3 Å². The molecule has 0 spiro atoms. The summed E-state index contributed by atoms with van der Waals surface area (Å²) in [5.74, 6) is -0.679. The monoisotopic (exact) mass is 310 g/mol. The van der Waals surface area contributed by atoms with Crippen LogP contribution in [0.15, 0.2) is 54.6 Å². The van der Waals surface area contributed by atoms with Crippen LogP contribution in [0.1, 0.15) is 24.8 Å². The Morgan fingerprint density at radius 2 is 1.57 bits per heavy atom. The summed E-state index contributed by atoms with van der Waals surface area (Å²) in [7, 11) is 0. The van der Waals surface area contributed by atoms with Crippen LogP contribution in [0.3, 0.4) is 0 Å². The van der Waals surface area contributed by atoms with Crippen molar-refractivity contribution in [1.82, 2.24) is 0 Å². The van der Waals surface area contributed by atoms with Crippen molar-refractivity contribution >= 4 is 5.97 Å². The van der Waals surface area contributed by atoms with Gasteiger partial charge in [0.1, 0.15) is 0 Å². The number of carbonyl (C=O) groups is 1. The Morgan fingerprint density at radius 1 is 0.957 bits per heavy atom. The van der Waals surface area contributed by atoms with Gasteiger partial charge in [0.2, 0.25) is 0 Å². The summed E-state index contributed by atoms with van der Waals surface area (Å²) < 4.78 is 5.33. The molecule has 3 rings (SSSR count). The molecule has 0 saturated carbocycles. The predicted octanol–water partition coefficient (Wildman–Crippen LogP) is 4.17. The zero-order chi connectivity index (χ0) is 16.1. The number of ether oxygens (including phenoxy) is 1. The van der Waals surface area contributed by atoms with Crippen molar-refractivity contribution < 1.29 is 14.6 Å². The van der Waals surface area contributed by atoms with Gasteiger partial charge in [0.25, 0.3) is 0 Å². The van der Waals surface area contributed by atoms with Crippen molar-refractivity contribution in [3.63, 3.8) is 0 Å². The third kappa shape index (κ3) is 3.62. The summed E-state index contributed by atoms with van der Waals surface area (Å²) in [4.78, 5) is 11.7. The highest BCUT2D eigenvalue weighted by molar-refractivity contribution is 5.74. The SMILES string of the molecule is O=C(O)C1(CCc2ccc(-c3ccccc3)cc2)CCOCC1. The first-order valence-electron chi connectivity index (χ1n) is 8.15. The van der Waals surface area contributed by atoms with Crippen LogP contribution in [-0.2, 0) is 16.0 Å². The average Bonchev–Trinajstić information content (AvgIpc) is 2.62. The molecule has 1 aliphatic rings. The van der Waals surface area contributed by atoms with Gasteiger partial charge in [-0.05, 0) is 42.4 Å². The third-order valence-corrected chi connectivity index (χ3v) is 4.86. The van der Waals surface area contributed by atoms with Crippen LogP contribution in [0.25, 0.3) is 11.1 Å². The van der Waals surface area contributed by atoms with E-state index in [0.717, 1.165) is 6.42 Å². The fourth-order valence-electron chi connectivity index (χ4n) is 3.21. The van der Waals surface area contributed by atoms with Gasteiger partial charge in [-0.1, -0.05) is 54.6 Å². The van der Waals surface area contributed by atoms with E-state index < -0.39 is 11.4 Å². The Labute approximate surface area is 136 Å². The van der Waals surface area contributed by atoms with E-state index in [9.17, 15) is 9.90 Å². The van der Waals surface area contributed by atoms with Gasteiger partial charge in [0, 0.05) is 13.2 Å². The van der Waals surface area contributed by atoms with E-state index in [-0.39, 0.29) is 0 Å². The first-order valence-corrected chi connectivity index (χ1v) is 8.15. The molecule has 3 nitrogen and oxygen atoms in total. The molecule has 0 bridgehead atoms. The second-order valence-electron chi connectivity index (χ2n) is 6.26. The van der Waals surface area contributed by atoms with Crippen LogP contribution in [0.4, 0.5) is 0 Å². The molecule has 1 N–H and O–H groups in total. The smallest absolute Gasteiger partial charge is 0.309 e. The third-order valence-electron chi connectivity index (χ3n) is 4.86. The predicted molar refractivity (Wildman–Crippen MR) is 90.3 cm³/mol. The molecule has 0 unspecified atom stereocenters. The number of carboxylic acids is 1. The largest absolute Gasteiger partial charge is 0.481 e. The normalized spacial score (nSPS) is 16.9. The minimum Gasteiger partial charge on any atom is -0.481 e. The minimum absolute atomic E-state index is 0.555. The van der Waals surface area contributed by atoms with Crippen molar-refractivity contribution in [2.24, 2.45) is 5.41 Å². The molecule has 1 heterocycles. The number of aliphatic carboxylic acids is 1. The van der Waals surface area contributed by atoms with Gasteiger partial charge in [0.05, 0.1) is 5.41 Å². The van der Waals surface area contributed by atoms with Crippen molar-refractivity contribution in [2.45, 2.75) is 25.7 Å². The Balaban J connectivity index is 1.67. The number of carboxylic acid groups (broad SMARTS) is 1. The van der Waals surface area contributed by atoms with Gasteiger partial charge >= 0.3 is 5.97 Å². The average molecular weight is 310 g/mol. The summed E-state index contributed by atoms with van der Waals surface area (Å²) in [5.41, 5.74) is 2.96. The Kier molecular flexibility index (Phi) is 4.77. The molecule has 0 aliphatic carbocycles. The Hall–Kier alpha value is -2.13. The lowest BCUT2D eigenvalue weighted by atomic mass is 9.75. The van der Waals surface area contributed by atoms with Gasteiger partial charge in [-0.3, -0.25) is 4.79 Å². The van der Waals surface area contributed by atoms with Crippen LogP contribution in [0.5, 0.6) is 0 Å². The first-order chi connectivity index (χ1) is 11.2. The van der Waals surface area contributed by atoms with Crippen LogP contribution in [0, 0.1) is 5.41 Å². The van der Waals surface area contributed by atoms with E-state index >= 15 is 0 Å². The molecule has 1 fully saturated rings. The van der Waals surface area contributed by atoms with Gasteiger partial charge in [-0.25, -0.2) is 0 Å². The Bertz CT molecular complexity index is 640. The van der Waals surface area contributed by atoms with Gasteiger partial charge in [-0.2, -0.15) is 0 Å². The molecule has 2 aromatic rings. The summed E-state index contributed by atoms with van der Waals surface area (Å²) in [6.07, 6.45) is 2.70. The lowest BCUT2D eigenvalue weighted by Gasteiger charge is -2.33. The quantitative estimate of drug-likeness (QED) is 0.901. The number of aryl methyl sites for hydroxylation is 1. The summed E-state index contributed by atoms with van der Waals surface area (Å²) in [5, 5.41) is 9.60. The second-order valence-corrected chi connectivity index (χ2v) is 6.26. The number of rotatable bonds is 5. The zero-order valence-corrected chi connectivity index (χ0v) is 13.2. The molecule has 3 heteroatoms. The highest BCUT2D eigenvalue weighted by atomic mass is 16.5. The van der Waals surface area contributed by atoms with Gasteiger partial charge in [-0.15, -0.1) is 0 Å². The molecule has 1 aliphatic heterocycles. The van der Waals surface area contributed by atoms with Crippen LogP contribution in [0.2, 0.25) is 0 Å². The van der Waals surface area contributed by atoms with E-state index in [2.05, 4.69) is 36.4 Å². The topological polar surface area (TPSA) is 46.5 Å². The van der Waals surface area contributed by atoms with E-state index in [4.69, 9.17) is 4.74 Å². The first kappa shape index (κ1) is 15.8.